The Hall–Kier alpha value is -1.06. The van der Waals surface area contributed by atoms with Crippen molar-refractivity contribution in [2.45, 2.75) is 58.3 Å². The van der Waals surface area contributed by atoms with Crippen LogP contribution in [-0.4, -0.2) is 35.0 Å². The summed E-state index contributed by atoms with van der Waals surface area (Å²) in [5.74, 6) is 0.978. The second-order valence-electron chi connectivity index (χ2n) is 6.68. The van der Waals surface area contributed by atoms with Gasteiger partial charge in [-0.2, -0.15) is 0 Å². The fourth-order valence-corrected chi connectivity index (χ4v) is 3.59. The molecule has 1 N–H and O–H groups in total. The number of piperidine rings is 1. The molecule has 1 aliphatic carbocycles. The molecule has 20 heavy (non-hydrogen) atoms. The molecule has 1 saturated heterocycles. The first-order valence-electron chi connectivity index (χ1n) is 8.07. The van der Waals surface area contributed by atoms with E-state index in [1.165, 1.54) is 12.8 Å². The number of likely N-dealkylation sites (tertiary alicyclic amines) is 1. The van der Waals surface area contributed by atoms with Gasteiger partial charge in [0.25, 0.3) is 0 Å². The average Bonchev–Trinajstić information content (AvgIpc) is 2.45. The Kier molecular flexibility index (Phi) is 5.44. The number of hydrogen-bond acceptors (Lipinski definition) is 2. The smallest absolute Gasteiger partial charge is 0.303 e. The van der Waals surface area contributed by atoms with Gasteiger partial charge >= 0.3 is 5.97 Å². The molecule has 0 spiro atoms. The van der Waals surface area contributed by atoms with E-state index in [-0.39, 0.29) is 12.3 Å². The van der Waals surface area contributed by atoms with E-state index in [4.69, 9.17) is 5.11 Å². The summed E-state index contributed by atoms with van der Waals surface area (Å²) in [6.07, 6.45) is 7.46. The van der Waals surface area contributed by atoms with Gasteiger partial charge in [-0.05, 0) is 56.8 Å². The third kappa shape index (κ3) is 4.22. The average molecular weight is 281 g/mol. The largest absolute Gasteiger partial charge is 0.481 e. The Labute approximate surface area is 121 Å². The van der Waals surface area contributed by atoms with E-state index in [9.17, 15) is 9.59 Å². The van der Waals surface area contributed by atoms with Crippen molar-refractivity contribution in [2.75, 3.05) is 13.1 Å². The summed E-state index contributed by atoms with van der Waals surface area (Å²) in [7, 11) is 0. The molecule has 2 fully saturated rings. The fraction of sp³-hybridized carbons (Fsp3) is 0.875. The molecule has 0 aromatic rings. The van der Waals surface area contributed by atoms with Gasteiger partial charge < -0.3 is 10.0 Å². The zero-order chi connectivity index (χ0) is 14.5. The number of carboxylic acid groups (broad SMARTS) is 1. The Bertz CT molecular complexity index is 348. The highest BCUT2D eigenvalue weighted by Gasteiger charge is 2.31. The van der Waals surface area contributed by atoms with E-state index in [0.717, 1.165) is 44.7 Å². The van der Waals surface area contributed by atoms with Crippen LogP contribution in [0.4, 0.5) is 0 Å². The summed E-state index contributed by atoms with van der Waals surface area (Å²) in [5.41, 5.74) is 0. The predicted octanol–water partition coefficient (Wildman–Crippen LogP) is 2.92. The van der Waals surface area contributed by atoms with Crippen LogP contribution in [0.1, 0.15) is 58.3 Å². The molecule has 114 valence electrons. The standard InChI is InChI=1S/C16H27NO3/c1-12-4-7-14(8-5-12)16(20)17-10-2-3-13(11-17)6-9-15(18)19/h12-14H,2-11H2,1H3,(H,18,19). The number of carboxylic acids is 1. The molecule has 1 unspecified atom stereocenters. The van der Waals surface area contributed by atoms with Crippen LogP contribution in [0.2, 0.25) is 0 Å². The second kappa shape index (κ2) is 7.09. The van der Waals surface area contributed by atoms with Crippen molar-refractivity contribution in [1.29, 1.82) is 0 Å². The molecule has 4 nitrogen and oxygen atoms in total. The van der Waals surface area contributed by atoms with E-state index in [1.54, 1.807) is 0 Å². The third-order valence-corrected chi connectivity index (χ3v) is 4.96. The lowest BCUT2D eigenvalue weighted by Gasteiger charge is -2.36. The van der Waals surface area contributed by atoms with Crippen LogP contribution in [0.25, 0.3) is 0 Å². The number of carbonyl (C=O) groups excluding carboxylic acids is 1. The second-order valence-corrected chi connectivity index (χ2v) is 6.68. The third-order valence-electron chi connectivity index (χ3n) is 4.96. The van der Waals surface area contributed by atoms with Gasteiger partial charge in [-0.3, -0.25) is 9.59 Å². The summed E-state index contributed by atoms with van der Waals surface area (Å²) >= 11 is 0. The maximum absolute atomic E-state index is 12.6. The van der Waals surface area contributed by atoms with Crippen LogP contribution in [0.15, 0.2) is 0 Å². The minimum atomic E-state index is -0.727. The molecule has 1 atom stereocenters. The molecule has 2 rings (SSSR count). The van der Waals surface area contributed by atoms with Gasteiger partial charge in [0, 0.05) is 25.4 Å². The molecule has 1 amide bonds. The quantitative estimate of drug-likeness (QED) is 0.862. The molecule has 0 aromatic heterocycles. The minimum absolute atomic E-state index is 0.226. The van der Waals surface area contributed by atoms with E-state index in [0.29, 0.717) is 18.2 Å². The molecule has 2 aliphatic rings. The van der Waals surface area contributed by atoms with Crippen molar-refractivity contribution < 1.29 is 14.7 Å². The van der Waals surface area contributed by atoms with Crippen molar-refractivity contribution in [3.63, 3.8) is 0 Å². The van der Waals surface area contributed by atoms with Gasteiger partial charge in [-0.1, -0.05) is 6.92 Å². The van der Waals surface area contributed by atoms with Crippen LogP contribution in [0, 0.1) is 17.8 Å². The number of aliphatic carboxylic acids is 1. The highest BCUT2D eigenvalue weighted by Crippen LogP contribution is 2.31. The van der Waals surface area contributed by atoms with E-state index in [1.807, 2.05) is 4.90 Å². The SMILES string of the molecule is CC1CCC(C(=O)N2CCCC(CCC(=O)O)C2)CC1. The molecule has 0 bridgehead atoms. The van der Waals surface area contributed by atoms with E-state index in [2.05, 4.69) is 6.92 Å². The lowest BCUT2D eigenvalue weighted by Crippen LogP contribution is -2.43. The van der Waals surface area contributed by atoms with Crippen LogP contribution < -0.4 is 0 Å². The van der Waals surface area contributed by atoms with Gasteiger partial charge in [-0.25, -0.2) is 0 Å². The minimum Gasteiger partial charge on any atom is -0.481 e. The first-order chi connectivity index (χ1) is 9.56. The zero-order valence-electron chi connectivity index (χ0n) is 12.5. The van der Waals surface area contributed by atoms with Crippen molar-refractivity contribution in [3.05, 3.63) is 0 Å². The summed E-state index contributed by atoms with van der Waals surface area (Å²) < 4.78 is 0. The molecule has 1 heterocycles. The van der Waals surface area contributed by atoms with Gasteiger partial charge in [0.2, 0.25) is 5.91 Å². The molecule has 1 aliphatic heterocycles. The Morgan fingerprint density at radius 1 is 1.15 bits per heavy atom. The summed E-state index contributed by atoms with van der Waals surface area (Å²) in [5, 5.41) is 8.77. The Morgan fingerprint density at radius 3 is 2.50 bits per heavy atom. The number of amides is 1. The number of nitrogens with zero attached hydrogens (tertiary/aromatic N) is 1. The predicted molar refractivity (Wildman–Crippen MR) is 77.3 cm³/mol. The maximum Gasteiger partial charge on any atom is 0.303 e. The number of hydrogen-bond donors (Lipinski definition) is 1. The summed E-state index contributed by atoms with van der Waals surface area (Å²) in [6.45, 7) is 3.91. The van der Waals surface area contributed by atoms with Gasteiger partial charge in [-0.15, -0.1) is 0 Å². The van der Waals surface area contributed by atoms with Gasteiger partial charge in [0.15, 0.2) is 0 Å². The zero-order valence-corrected chi connectivity index (χ0v) is 12.5. The molecule has 4 heteroatoms. The molecular weight excluding hydrogens is 254 g/mol. The Balaban J connectivity index is 1.81. The fourth-order valence-electron chi connectivity index (χ4n) is 3.59. The molecule has 0 radical (unpaired) electrons. The number of carbonyl (C=O) groups is 2. The normalized spacial score (nSPS) is 31.1. The van der Waals surface area contributed by atoms with Crippen LogP contribution in [-0.2, 0) is 9.59 Å². The monoisotopic (exact) mass is 281 g/mol. The number of rotatable bonds is 4. The van der Waals surface area contributed by atoms with Crippen molar-refractivity contribution in [3.8, 4) is 0 Å². The lowest BCUT2D eigenvalue weighted by atomic mass is 9.81. The van der Waals surface area contributed by atoms with E-state index < -0.39 is 5.97 Å². The Morgan fingerprint density at radius 2 is 1.85 bits per heavy atom. The maximum atomic E-state index is 12.6. The summed E-state index contributed by atoms with van der Waals surface area (Å²) in [6, 6.07) is 0. The molecule has 0 aromatic carbocycles. The van der Waals surface area contributed by atoms with Gasteiger partial charge in [0.05, 0.1) is 0 Å². The highest BCUT2D eigenvalue weighted by atomic mass is 16.4. The van der Waals surface area contributed by atoms with Crippen LogP contribution in [0.5, 0.6) is 0 Å². The van der Waals surface area contributed by atoms with Crippen molar-refractivity contribution in [2.24, 2.45) is 17.8 Å². The van der Waals surface area contributed by atoms with Crippen LogP contribution >= 0.6 is 0 Å². The summed E-state index contributed by atoms with van der Waals surface area (Å²) in [4.78, 5) is 25.2. The van der Waals surface area contributed by atoms with Crippen molar-refractivity contribution >= 4 is 11.9 Å². The van der Waals surface area contributed by atoms with Crippen molar-refractivity contribution in [1.82, 2.24) is 4.90 Å². The first-order valence-corrected chi connectivity index (χ1v) is 8.07. The van der Waals surface area contributed by atoms with E-state index >= 15 is 0 Å². The first kappa shape index (κ1) is 15.3. The topological polar surface area (TPSA) is 57.6 Å². The molecular formula is C16H27NO3. The highest BCUT2D eigenvalue weighted by molar-refractivity contribution is 5.79. The van der Waals surface area contributed by atoms with Gasteiger partial charge in [0.1, 0.15) is 0 Å². The molecule has 1 saturated carbocycles. The lowest BCUT2D eigenvalue weighted by molar-refractivity contribution is -0.139. The van der Waals surface area contributed by atoms with Crippen LogP contribution in [0.3, 0.4) is 0 Å².